The molecular weight excluding hydrogens is 264 g/mol. The standard InChI is InChI=1S/C17H22N2O2/c1-11-13-6-2-3-8-15(13)21-16(11)10-19-17(20)9-12-5-4-7-14(12)18/h2-3,6,8,12,14H,4-5,7,9-10,18H2,1H3,(H,19,20)/t12-,14+/m0/s1. The molecule has 1 aliphatic carbocycles. The lowest BCUT2D eigenvalue weighted by molar-refractivity contribution is -0.122. The first-order valence-electron chi connectivity index (χ1n) is 7.64. The molecule has 0 radical (unpaired) electrons. The Morgan fingerprint density at radius 3 is 2.90 bits per heavy atom. The Bertz CT molecular complexity index is 647. The summed E-state index contributed by atoms with van der Waals surface area (Å²) < 4.78 is 5.80. The number of carbonyl (C=O) groups is 1. The molecule has 1 aliphatic rings. The summed E-state index contributed by atoms with van der Waals surface area (Å²) in [4.78, 5) is 12.0. The Morgan fingerprint density at radius 1 is 1.38 bits per heavy atom. The van der Waals surface area contributed by atoms with Gasteiger partial charge in [0, 0.05) is 23.4 Å². The predicted octanol–water partition coefficient (Wildman–Crippen LogP) is 2.87. The Balaban J connectivity index is 1.61. The minimum atomic E-state index is 0.0669. The third-order valence-corrected chi connectivity index (χ3v) is 4.55. The van der Waals surface area contributed by atoms with Crippen LogP contribution in [0.1, 0.15) is 37.0 Å². The van der Waals surface area contributed by atoms with Crippen molar-refractivity contribution in [2.45, 2.75) is 45.2 Å². The van der Waals surface area contributed by atoms with E-state index in [4.69, 9.17) is 10.2 Å². The van der Waals surface area contributed by atoms with E-state index in [0.717, 1.165) is 41.6 Å². The van der Waals surface area contributed by atoms with E-state index in [1.807, 2.05) is 31.2 Å². The van der Waals surface area contributed by atoms with Gasteiger partial charge in [0.1, 0.15) is 11.3 Å². The van der Waals surface area contributed by atoms with Gasteiger partial charge in [-0.25, -0.2) is 0 Å². The van der Waals surface area contributed by atoms with Crippen LogP contribution in [0.3, 0.4) is 0 Å². The van der Waals surface area contributed by atoms with Crippen molar-refractivity contribution in [2.75, 3.05) is 0 Å². The number of aryl methyl sites for hydroxylation is 1. The lowest BCUT2D eigenvalue weighted by atomic mass is 10.00. The first kappa shape index (κ1) is 14.1. The van der Waals surface area contributed by atoms with Crippen molar-refractivity contribution in [3.8, 4) is 0 Å². The molecular formula is C17H22N2O2. The van der Waals surface area contributed by atoms with Gasteiger partial charge in [-0.1, -0.05) is 24.6 Å². The number of fused-ring (bicyclic) bond motifs is 1. The van der Waals surface area contributed by atoms with Crippen molar-refractivity contribution >= 4 is 16.9 Å². The van der Waals surface area contributed by atoms with Crippen LogP contribution in [0.25, 0.3) is 11.0 Å². The van der Waals surface area contributed by atoms with E-state index in [1.54, 1.807) is 0 Å². The normalized spacial score (nSPS) is 21.8. The van der Waals surface area contributed by atoms with Crippen LogP contribution in [0.4, 0.5) is 0 Å². The highest BCUT2D eigenvalue weighted by molar-refractivity contribution is 5.82. The van der Waals surface area contributed by atoms with Crippen molar-refractivity contribution in [1.82, 2.24) is 5.32 Å². The van der Waals surface area contributed by atoms with Crippen LogP contribution in [0.5, 0.6) is 0 Å². The van der Waals surface area contributed by atoms with Crippen LogP contribution in [-0.2, 0) is 11.3 Å². The van der Waals surface area contributed by atoms with Crippen LogP contribution in [0.15, 0.2) is 28.7 Å². The Morgan fingerprint density at radius 2 is 2.19 bits per heavy atom. The molecule has 0 aliphatic heterocycles. The second kappa shape index (κ2) is 5.90. The molecule has 2 atom stereocenters. The summed E-state index contributed by atoms with van der Waals surface area (Å²) in [6, 6.07) is 8.12. The third-order valence-electron chi connectivity index (χ3n) is 4.55. The van der Waals surface area contributed by atoms with E-state index in [2.05, 4.69) is 5.32 Å². The van der Waals surface area contributed by atoms with E-state index < -0.39 is 0 Å². The first-order chi connectivity index (χ1) is 10.1. The highest BCUT2D eigenvalue weighted by Gasteiger charge is 2.26. The van der Waals surface area contributed by atoms with Gasteiger partial charge in [0.15, 0.2) is 0 Å². The Labute approximate surface area is 124 Å². The summed E-state index contributed by atoms with van der Waals surface area (Å²) in [7, 11) is 0. The maximum atomic E-state index is 12.0. The zero-order valence-electron chi connectivity index (χ0n) is 12.4. The minimum Gasteiger partial charge on any atom is -0.459 e. The molecule has 3 N–H and O–H groups in total. The average Bonchev–Trinajstić information content (AvgIpc) is 3.02. The molecule has 0 bridgehead atoms. The molecule has 1 heterocycles. The summed E-state index contributed by atoms with van der Waals surface area (Å²) in [5.74, 6) is 1.24. The fourth-order valence-corrected chi connectivity index (χ4v) is 3.20. The number of amides is 1. The molecule has 0 saturated heterocycles. The van der Waals surface area contributed by atoms with Crippen molar-refractivity contribution in [2.24, 2.45) is 11.7 Å². The van der Waals surface area contributed by atoms with E-state index in [9.17, 15) is 4.79 Å². The molecule has 4 heteroatoms. The molecule has 1 aromatic heterocycles. The second-order valence-corrected chi connectivity index (χ2v) is 5.98. The molecule has 112 valence electrons. The summed E-state index contributed by atoms with van der Waals surface area (Å²) in [6.07, 6.45) is 3.78. The molecule has 3 rings (SSSR count). The summed E-state index contributed by atoms with van der Waals surface area (Å²) in [6.45, 7) is 2.47. The van der Waals surface area contributed by atoms with Gasteiger partial charge < -0.3 is 15.5 Å². The third kappa shape index (κ3) is 2.95. The predicted molar refractivity (Wildman–Crippen MR) is 82.7 cm³/mol. The molecule has 1 aromatic carbocycles. The molecule has 1 amide bonds. The number of furan rings is 1. The maximum absolute atomic E-state index is 12.0. The number of benzene rings is 1. The van der Waals surface area contributed by atoms with Crippen LogP contribution in [0, 0.1) is 12.8 Å². The van der Waals surface area contributed by atoms with Gasteiger partial charge in [-0.2, -0.15) is 0 Å². The summed E-state index contributed by atoms with van der Waals surface area (Å²) in [5, 5.41) is 4.07. The van der Waals surface area contributed by atoms with Crippen molar-refractivity contribution in [3.63, 3.8) is 0 Å². The maximum Gasteiger partial charge on any atom is 0.220 e. The first-order valence-corrected chi connectivity index (χ1v) is 7.64. The molecule has 4 nitrogen and oxygen atoms in total. The molecule has 21 heavy (non-hydrogen) atoms. The van der Waals surface area contributed by atoms with Gasteiger partial charge in [-0.3, -0.25) is 4.79 Å². The number of rotatable bonds is 4. The fraction of sp³-hybridized carbons (Fsp3) is 0.471. The topological polar surface area (TPSA) is 68.3 Å². The highest BCUT2D eigenvalue weighted by atomic mass is 16.3. The van der Waals surface area contributed by atoms with Gasteiger partial charge in [0.25, 0.3) is 0 Å². The molecule has 2 aromatic rings. The summed E-state index contributed by atoms with van der Waals surface area (Å²) in [5.41, 5.74) is 7.98. The molecule has 1 saturated carbocycles. The lowest BCUT2D eigenvalue weighted by Crippen LogP contribution is -2.31. The van der Waals surface area contributed by atoms with E-state index >= 15 is 0 Å². The van der Waals surface area contributed by atoms with Crippen LogP contribution in [-0.4, -0.2) is 11.9 Å². The second-order valence-electron chi connectivity index (χ2n) is 5.98. The zero-order valence-corrected chi connectivity index (χ0v) is 12.4. The van der Waals surface area contributed by atoms with E-state index in [-0.39, 0.29) is 11.9 Å². The number of hydrogen-bond acceptors (Lipinski definition) is 3. The number of hydrogen-bond donors (Lipinski definition) is 2. The largest absolute Gasteiger partial charge is 0.459 e. The number of nitrogens with two attached hydrogens (primary N) is 1. The van der Waals surface area contributed by atoms with Crippen molar-refractivity contribution < 1.29 is 9.21 Å². The zero-order chi connectivity index (χ0) is 14.8. The van der Waals surface area contributed by atoms with Crippen LogP contribution < -0.4 is 11.1 Å². The van der Waals surface area contributed by atoms with Crippen LogP contribution in [0.2, 0.25) is 0 Å². The average molecular weight is 286 g/mol. The van der Waals surface area contributed by atoms with Gasteiger partial charge in [0.05, 0.1) is 6.54 Å². The number of para-hydroxylation sites is 1. The number of carbonyl (C=O) groups excluding carboxylic acids is 1. The highest BCUT2D eigenvalue weighted by Crippen LogP contribution is 2.27. The smallest absolute Gasteiger partial charge is 0.220 e. The molecule has 0 unspecified atom stereocenters. The molecule has 0 spiro atoms. The fourth-order valence-electron chi connectivity index (χ4n) is 3.20. The van der Waals surface area contributed by atoms with Crippen LogP contribution >= 0.6 is 0 Å². The molecule has 1 fully saturated rings. The monoisotopic (exact) mass is 286 g/mol. The Hall–Kier alpha value is -1.81. The van der Waals surface area contributed by atoms with E-state index in [0.29, 0.717) is 18.9 Å². The van der Waals surface area contributed by atoms with E-state index in [1.165, 1.54) is 0 Å². The van der Waals surface area contributed by atoms with Gasteiger partial charge in [-0.05, 0) is 31.7 Å². The SMILES string of the molecule is Cc1c(CNC(=O)C[C@@H]2CCC[C@H]2N)oc2ccccc12. The summed E-state index contributed by atoms with van der Waals surface area (Å²) >= 11 is 0. The quantitative estimate of drug-likeness (QED) is 0.908. The van der Waals surface area contributed by atoms with Crippen molar-refractivity contribution in [3.05, 3.63) is 35.6 Å². The van der Waals surface area contributed by atoms with Gasteiger partial charge >= 0.3 is 0 Å². The minimum absolute atomic E-state index is 0.0669. The van der Waals surface area contributed by atoms with Crippen molar-refractivity contribution in [1.29, 1.82) is 0 Å². The Kier molecular flexibility index (Phi) is 3.97. The number of nitrogens with one attached hydrogen (secondary N) is 1. The van der Waals surface area contributed by atoms with Gasteiger partial charge in [-0.15, -0.1) is 0 Å². The van der Waals surface area contributed by atoms with Gasteiger partial charge in [0.2, 0.25) is 5.91 Å². The lowest BCUT2D eigenvalue weighted by Gasteiger charge is -2.14.